The van der Waals surface area contributed by atoms with Crippen LogP contribution in [0.15, 0.2) is 27.7 Å². The Morgan fingerprint density at radius 3 is 2.74 bits per heavy atom. The SMILES string of the molecule is O=C(O)CCCC(=O)N=C1S[C@H]2CS(=O)(=O)C[C@H]2N1c1ccc(Br)cc1Cl. The zero-order chi connectivity index (χ0) is 19.8. The van der Waals surface area contributed by atoms with Crippen molar-refractivity contribution in [1.82, 2.24) is 0 Å². The van der Waals surface area contributed by atoms with Gasteiger partial charge in [0.1, 0.15) is 0 Å². The molecule has 2 atom stereocenters. The zero-order valence-corrected chi connectivity index (χ0v) is 17.9. The zero-order valence-electron chi connectivity index (χ0n) is 14.0. The van der Waals surface area contributed by atoms with Crippen molar-refractivity contribution in [2.24, 2.45) is 4.99 Å². The predicted molar refractivity (Wildman–Crippen MR) is 109 cm³/mol. The first-order chi connectivity index (χ1) is 12.7. The lowest BCUT2D eigenvalue weighted by Gasteiger charge is -2.25. The van der Waals surface area contributed by atoms with Crippen molar-refractivity contribution in [2.75, 3.05) is 16.4 Å². The third-order valence-electron chi connectivity index (χ3n) is 4.24. The number of nitrogens with zero attached hydrogens (tertiary/aromatic N) is 2. The van der Waals surface area contributed by atoms with Gasteiger partial charge in [-0.15, -0.1) is 0 Å². The molecule has 0 aromatic heterocycles. The molecule has 2 fully saturated rings. The first-order valence-corrected chi connectivity index (χ1v) is 12.0. The average Bonchev–Trinajstić information content (AvgIpc) is 2.98. The Bertz CT molecular complexity index is 921. The highest BCUT2D eigenvalue weighted by atomic mass is 79.9. The van der Waals surface area contributed by atoms with Crippen molar-refractivity contribution in [3.05, 3.63) is 27.7 Å². The van der Waals surface area contributed by atoms with Crippen LogP contribution in [0.3, 0.4) is 0 Å². The number of rotatable bonds is 5. The van der Waals surface area contributed by atoms with E-state index in [1.54, 1.807) is 23.1 Å². The van der Waals surface area contributed by atoms with Crippen LogP contribution in [0.1, 0.15) is 19.3 Å². The normalized spacial score (nSPS) is 25.0. The Morgan fingerprint density at radius 1 is 1.33 bits per heavy atom. The number of sulfone groups is 1. The number of hydrogen-bond donors (Lipinski definition) is 1. The molecular weight excluding hydrogens is 480 g/mol. The van der Waals surface area contributed by atoms with Gasteiger partial charge in [-0.1, -0.05) is 39.3 Å². The molecule has 0 unspecified atom stereocenters. The standard InChI is InChI=1S/C16H16BrClN2O5S2/c17-9-4-5-11(10(18)6-9)20-12-7-27(24,25)8-13(12)26-16(20)19-14(21)2-1-3-15(22)23/h4-6,12-13H,1-3,7-8H2,(H,22,23)/t12-,13+/m1/s1. The van der Waals surface area contributed by atoms with E-state index >= 15 is 0 Å². The number of amides is 1. The van der Waals surface area contributed by atoms with E-state index in [-0.39, 0.29) is 42.1 Å². The highest BCUT2D eigenvalue weighted by Gasteiger charge is 2.49. The Balaban J connectivity index is 1.89. The number of aliphatic carboxylic acids is 1. The van der Waals surface area contributed by atoms with Gasteiger partial charge in [-0.25, -0.2) is 8.42 Å². The monoisotopic (exact) mass is 494 g/mol. The summed E-state index contributed by atoms with van der Waals surface area (Å²) in [6.07, 6.45) is 0.122. The largest absolute Gasteiger partial charge is 0.481 e. The van der Waals surface area contributed by atoms with Crippen molar-refractivity contribution >= 4 is 71.9 Å². The van der Waals surface area contributed by atoms with Crippen LogP contribution >= 0.6 is 39.3 Å². The Labute approximate surface area is 174 Å². The van der Waals surface area contributed by atoms with Gasteiger partial charge in [0.2, 0.25) is 5.91 Å². The molecule has 7 nitrogen and oxygen atoms in total. The first kappa shape index (κ1) is 20.6. The lowest BCUT2D eigenvalue weighted by Crippen LogP contribution is -2.37. The van der Waals surface area contributed by atoms with Crippen LogP contribution in [-0.4, -0.2) is 53.4 Å². The molecule has 11 heteroatoms. The molecular formula is C16H16BrClN2O5S2. The highest BCUT2D eigenvalue weighted by molar-refractivity contribution is 9.10. The fraction of sp³-hybridized carbons (Fsp3) is 0.438. The third kappa shape index (κ3) is 4.85. The van der Waals surface area contributed by atoms with Gasteiger partial charge in [-0.3, -0.25) is 9.59 Å². The van der Waals surface area contributed by atoms with E-state index in [4.69, 9.17) is 16.7 Å². The lowest BCUT2D eigenvalue weighted by atomic mass is 10.2. The number of carbonyl (C=O) groups is 2. The minimum absolute atomic E-state index is 0.0197. The molecule has 1 amide bonds. The molecule has 1 N–H and O–H groups in total. The summed E-state index contributed by atoms with van der Waals surface area (Å²) in [4.78, 5) is 28.6. The van der Waals surface area contributed by atoms with Gasteiger partial charge in [0, 0.05) is 22.6 Å². The number of carboxylic acid groups (broad SMARTS) is 1. The molecule has 0 aliphatic carbocycles. The maximum Gasteiger partial charge on any atom is 0.303 e. The van der Waals surface area contributed by atoms with E-state index in [1.807, 2.05) is 0 Å². The summed E-state index contributed by atoms with van der Waals surface area (Å²) in [6.45, 7) is 0. The number of benzene rings is 1. The van der Waals surface area contributed by atoms with Gasteiger partial charge in [0.15, 0.2) is 15.0 Å². The molecule has 2 aliphatic rings. The van der Waals surface area contributed by atoms with E-state index in [1.165, 1.54) is 11.8 Å². The summed E-state index contributed by atoms with van der Waals surface area (Å²) in [6, 6.07) is 4.90. The fourth-order valence-electron chi connectivity index (χ4n) is 3.08. The van der Waals surface area contributed by atoms with Crippen LogP contribution in [0.25, 0.3) is 0 Å². The van der Waals surface area contributed by atoms with Crippen LogP contribution in [0, 0.1) is 0 Å². The van der Waals surface area contributed by atoms with Crippen LogP contribution in [-0.2, 0) is 19.4 Å². The van der Waals surface area contributed by atoms with E-state index in [2.05, 4.69) is 20.9 Å². The highest BCUT2D eigenvalue weighted by Crippen LogP contribution is 2.43. The summed E-state index contributed by atoms with van der Waals surface area (Å²) >= 11 is 11.0. The number of carboxylic acids is 1. The Hall–Kier alpha value is -1.10. The Morgan fingerprint density at radius 2 is 2.07 bits per heavy atom. The van der Waals surface area contributed by atoms with Crippen molar-refractivity contribution < 1.29 is 23.1 Å². The van der Waals surface area contributed by atoms with Crippen molar-refractivity contribution in [3.63, 3.8) is 0 Å². The summed E-state index contributed by atoms with van der Waals surface area (Å²) in [5.74, 6) is -1.39. The summed E-state index contributed by atoms with van der Waals surface area (Å²) < 4.78 is 24.9. The topological polar surface area (TPSA) is 104 Å². The van der Waals surface area contributed by atoms with Crippen molar-refractivity contribution in [3.8, 4) is 0 Å². The minimum Gasteiger partial charge on any atom is -0.481 e. The van der Waals surface area contributed by atoms with E-state index in [0.29, 0.717) is 15.9 Å². The second-order valence-electron chi connectivity index (χ2n) is 6.30. The molecule has 2 saturated heterocycles. The maximum absolute atomic E-state index is 12.2. The van der Waals surface area contributed by atoms with Crippen LogP contribution < -0.4 is 4.90 Å². The molecule has 2 aliphatic heterocycles. The number of carbonyl (C=O) groups excluding carboxylic acids is 1. The predicted octanol–water partition coefficient (Wildman–Crippen LogP) is 2.96. The molecule has 2 heterocycles. The van der Waals surface area contributed by atoms with Crippen LogP contribution in [0.4, 0.5) is 5.69 Å². The molecule has 146 valence electrons. The third-order valence-corrected chi connectivity index (χ3v) is 8.24. The van der Waals surface area contributed by atoms with E-state index < -0.39 is 21.7 Å². The second-order valence-corrected chi connectivity index (χ2v) is 11.0. The van der Waals surface area contributed by atoms with Gasteiger partial charge in [0.25, 0.3) is 0 Å². The van der Waals surface area contributed by atoms with Crippen LogP contribution in [0.5, 0.6) is 0 Å². The smallest absolute Gasteiger partial charge is 0.303 e. The summed E-state index contributed by atoms with van der Waals surface area (Å²) in [5, 5.41) is 9.28. The molecule has 1 aromatic carbocycles. The van der Waals surface area contributed by atoms with Crippen molar-refractivity contribution in [2.45, 2.75) is 30.6 Å². The van der Waals surface area contributed by atoms with Gasteiger partial charge >= 0.3 is 5.97 Å². The molecule has 0 bridgehead atoms. The molecule has 0 radical (unpaired) electrons. The maximum atomic E-state index is 12.2. The lowest BCUT2D eigenvalue weighted by molar-refractivity contribution is -0.137. The first-order valence-electron chi connectivity index (χ1n) is 8.11. The van der Waals surface area contributed by atoms with Gasteiger partial charge in [0.05, 0.1) is 28.3 Å². The number of amidine groups is 1. The fourth-order valence-corrected chi connectivity index (χ4v) is 7.76. The summed E-state index contributed by atoms with van der Waals surface area (Å²) in [5.41, 5.74) is 0.592. The minimum atomic E-state index is -3.16. The second kappa shape index (κ2) is 8.10. The van der Waals surface area contributed by atoms with Crippen LogP contribution in [0.2, 0.25) is 5.02 Å². The van der Waals surface area contributed by atoms with Gasteiger partial charge in [-0.2, -0.15) is 4.99 Å². The average molecular weight is 496 g/mol. The van der Waals surface area contributed by atoms with Gasteiger partial charge in [-0.05, 0) is 24.6 Å². The number of hydrogen-bond acceptors (Lipinski definition) is 5. The quantitative estimate of drug-likeness (QED) is 0.669. The van der Waals surface area contributed by atoms with Gasteiger partial charge < -0.3 is 10.0 Å². The Kier molecular flexibility index (Phi) is 6.19. The molecule has 1 aromatic rings. The van der Waals surface area contributed by atoms with E-state index in [0.717, 1.165) is 4.47 Å². The molecule has 0 saturated carbocycles. The molecule has 27 heavy (non-hydrogen) atoms. The number of fused-ring (bicyclic) bond motifs is 1. The van der Waals surface area contributed by atoms with E-state index in [9.17, 15) is 18.0 Å². The summed E-state index contributed by atoms with van der Waals surface area (Å²) in [7, 11) is -3.16. The number of halogens is 2. The van der Waals surface area contributed by atoms with Crippen molar-refractivity contribution in [1.29, 1.82) is 0 Å². The molecule has 3 rings (SSSR count). The number of anilines is 1. The number of aliphatic imine (C=N–C) groups is 1. The number of thioether (sulfide) groups is 1. The molecule has 0 spiro atoms.